The predicted octanol–water partition coefficient (Wildman–Crippen LogP) is 2.85. The minimum atomic E-state index is 0.877. The van der Waals surface area contributed by atoms with Gasteiger partial charge in [0.15, 0.2) is 0 Å². The van der Waals surface area contributed by atoms with E-state index in [1.807, 2.05) is 17.8 Å². The highest BCUT2D eigenvalue weighted by molar-refractivity contribution is 7.99. The summed E-state index contributed by atoms with van der Waals surface area (Å²) in [5, 5.41) is 4.76. The Kier molecular flexibility index (Phi) is 2.71. The monoisotopic (exact) mass is 183 g/mol. The molecule has 1 aliphatic rings. The lowest BCUT2D eigenvalue weighted by molar-refractivity contribution is 0.414. The molecular formula is C9H13NOS. The van der Waals surface area contributed by atoms with Gasteiger partial charge in [-0.1, -0.05) is 18.0 Å². The van der Waals surface area contributed by atoms with E-state index < -0.39 is 0 Å². The standard InChI is InChI=1S/C9H13NOS/c1-2-4-9(3-1)12-7-8-5-6-11-10-8/h5-6,9H,1-4,7H2. The second kappa shape index (κ2) is 3.99. The van der Waals surface area contributed by atoms with Gasteiger partial charge in [-0.05, 0) is 12.8 Å². The maximum absolute atomic E-state index is 4.77. The molecule has 0 radical (unpaired) electrons. The van der Waals surface area contributed by atoms with E-state index in [0.29, 0.717) is 0 Å². The Hall–Kier alpha value is -0.440. The Bertz CT molecular complexity index is 216. The maximum atomic E-state index is 4.77. The van der Waals surface area contributed by atoms with E-state index in [9.17, 15) is 0 Å². The van der Waals surface area contributed by atoms with E-state index in [0.717, 1.165) is 16.7 Å². The first-order valence-corrected chi connectivity index (χ1v) is 5.51. The van der Waals surface area contributed by atoms with Crippen molar-refractivity contribution in [2.45, 2.75) is 36.7 Å². The van der Waals surface area contributed by atoms with Crippen molar-refractivity contribution in [2.75, 3.05) is 0 Å². The highest BCUT2D eigenvalue weighted by Crippen LogP contribution is 2.31. The summed E-state index contributed by atoms with van der Waals surface area (Å²) in [5.74, 6) is 1.02. The molecular weight excluding hydrogens is 170 g/mol. The molecule has 3 heteroatoms. The Balaban J connectivity index is 1.74. The van der Waals surface area contributed by atoms with Crippen LogP contribution in [0, 0.1) is 0 Å². The summed E-state index contributed by atoms with van der Waals surface area (Å²) in [7, 11) is 0. The normalized spacial score (nSPS) is 18.7. The summed E-state index contributed by atoms with van der Waals surface area (Å²) in [6.45, 7) is 0. The number of thioether (sulfide) groups is 1. The minimum absolute atomic E-state index is 0.877. The van der Waals surface area contributed by atoms with Crippen LogP contribution in [0.25, 0.3) is 0 Å². The van der Waals surface area contributed by atoms with E-state index in [-0.39, 0.29) is 0 Å². The molecule has 2 rings (SSSR count). The first-order valence-electron chi connectivity index (χ1n) is 4.46. The van der Waals surface area contributed by atoms with Crippen LogP contribution in [0.1, 0.15) is 31.4 Å². The van der Waals surface area contributed by atoms with Crippen LogP contribution in [-0.4, -0.2) is 10.4 Å². The van der Waals surface area contributed by atoms with E-state index in [4.69, 9.17) is 4.52 Å². The Labute approximate surface area is 76.7 Å². The van der Waals surface area contributed by atoms with Crippen LogP contribution in [0.15, 0.2) is 16.9 Å². The first kappa shape index (κ1) is 8.17. The SMILES string of the molecule is c1cc(CSC2CCCC2)no1. The van der Waals surface area contributed by atoms with Gasteiger partial charge < -0.3 is 4.52 Å². The summed E-state index contributed by atoms with van der Waals surface area (Å²) in [5.41, 5.74) is 1.08. The van der Waals surface area contributed by atoms with Crippen LogP contribution < -0.4 is 0 Å². The average Bonchev–Trinajstić information content (AvgIpc) is 2.74. The van der Waals surface area contributed by atoms with Crippen molar-refractivity contribution in [2.24, 2.45) is 0 Å². The number of nitrogens with zero attached hydrogens (tertiary/aromatic N) is 1. The van der Waals surface area contributed by atoms with Crippen molar-refractivity contribution in [3.05, 3.63) is 18.0 Å². The molecule has 0 aliphatic heterocycles. The molecule has 1 aromatic heterocycles. The van der Waals surface area contributed by atoms with Crippen molar-refractivity contribution in [3.8, 4) is 0 Å². The van der Waals surface area contributed by atoms with Crippen molar-refractivity contribution in [1.29, 1.82) is 0 Å². The molecule has 1 heterocycles. The number of rotatable bonds is 3. The third-order valence-corrected chi connectivity index (χ3v) is 3.67. The molecule has 0 aromatic carbocycles. The summed E-state index contributed by atoms with van der Waals surface area (Å²) in [6, 6.07) is 1.95. The Morgan fingerprint density at radius 2 is 2.33 bits per heavy atom. The van der Waals surface area contributed by atoms with Crippen molar-refractivity contribution >= 4 is 11.8 Å². The topological polar surface area (TPSA) is 26.0 Å². The molecule has 0 unspecified atom stereocenters. The lowest BCUT2D eigenvalue weighted by Gasteiger charge is -2.05. The van der Waals surface area contributed by atoms with Crippen molar-refractivity contribution in [1.82, 2.24) is 5.16 Å². The molecule has 1 aliphatic carbocycles. The fraction of sp³-hybridized carbons (Fsp3) is 0.667. The number of aromatic nitrogens is 1. The van der Waals surface area contributed by atoms with Gasteiger partial charge in [0.2, 0.25) is 0 Å². The lowest BCUT2D eigenvalue weighted by atomic mass is 10.4. The smallest absolute Gasteiger partial charge is 0.124 e. The van der Waals surface area contributed by atoms with Gasteiger partial charge in [0.25, 0.3) is 0 Å². The highest BCUT2D eigenvalue weighted by atomic mass is 32.2. The molecule has 2 nitrogen and oxygen atoms in total. The Morgan fingerprint density at radius 3 is 3.00 bits per heavy atom. The van der Waals surface area contributed by atoms with Gasteiger partial charge >= 0.3 is 0 Å². The van der Waals surface area contributed by atoms with Crippen LogP contribution in [0.5, 0.6) is 0 Å². The van der Waals surface area contributed by atoms with Crippen LogP contribution in [0.4, 0.5) is 0 Å². The van der Waals surface area contributed by atoms with Crippen molar-refractivity contribution < 1.29 is 4.52 Å². The molecule has 0 spiro atoms. The summed E-state index contributed by atoms with van der Waals surface area (Å²) < 4.78 is 4.77. The molecule has 0 bridgehead atoms. The second-order valence-electron chi connectivity index (χ2n) is 3.21. The molecule has 1 saturated carbocycles. The fourth-order valence-electron chi connectivity index (χ4n) is 1.57. The van der Waals surface area contributed by atoms with E-state index in [2.05, 4.69) is 5.16 Å². The van der Waals surface area contributed by atoms with Crippen LogP contribution >= 0.6 is 11.8 Å². The van der Waals surface area contributed by atoms with E-state index in [1.54, 1.807) is 6.26 Å². The summed E-state index contributed by atoms with van der Waals surface area (Å²) in [4.78, 5) is 0. The highest BCUT2D eigenvalue weighted by Gasteiger charge is 2.15. The molecule has 0 saturated heterocycles. The first-order chi connectivity index (χ1) is 5.95. The molecule has 0 amide bonds. The lowest BCUT2D eigenvalue weighted by Crippen LogP contribution is -1.94. The fourth-order valence-corrected chi connectivity index (χ4v) is 2.79. The predicted molar refractivity (Wildman–Crippen MR) is 50.1 cm³/mol. The van der Waals surface area contributed by atoms with Crippen LogP contribution in [0.2, 0.25) is 0 Å². The number of hydrogen-bond donors (Lipinski definition) is 0. The molecule has 1 aromatic rings. The molecule has 12 heavy (non-hydrogen) atoms. The minimum Gasteiger partial charge on any atom is -0.364 e. The zero-order valence-corrected chi connectivity index (χ0v) is 7.85. The third kappa shape index (κ3) is 2.03. The van der Waals surface area contributed by atoms with E-state index >= 15 is 0 Å². The van der Waals surface area contributed by atoms with Gasteiger partial charge in [0.1, 0.15) is 6.26 Å². The van der Waals surface area contributed by atoms with E-state index in [1.165, 1.54) is 25.7 Å². The van der Waals surface area contributed by atoms with Crippen LogP contribution in [0.3, 0.4) is 0 Å². The quantitative estimate of drug-likeness (QED) is 0.720. The van der Waals surface area contributed by atoms with Gasteiger partial charge in [0, 0.05) is 17.1 Å². The van der Waals surface area contributed by atoms with Crippen LogP contribution in [-0.2, 0) is 5.75 Å². The van der Waals surface area contributed by atoms with Crippen molar-refractivity contribution in [3.63, 3.8) is 0 Å². The van der Waals surface area contributed by atoms with Gasteiger partial charge in [-0.3, -0.25) is 0 Å². The Morgan fingerprint density at radius 1 is 1.50 bits per heavy atom. The zero-order valence-electron chi connectivity index (χ0n) is 7.03. The summed E-state index contributed by atoms with van der Waals surface area (Å²) in [6.07, 6.45) is 7.25. The van der Waals surface area contributed by atoms with Gasteiger partial charge in [-0.2, -0.15) is 11.8 Å². The largest absolute Gasteiger partial charge is 0.364 e. The maximum Gasteiger partial charge on any atom is 0.124 e. The second-order valence-corrected chi connectivity index (χ2v) is 4.50. The molecule has 0 N–H and O–H groups in total. The summed E-state index contributed by atoms with van der Waals surface area (Å²) >= 11 is 2.02. The average molecular weight is 183 g/mol. The third-order valence-electron chi connectivity index (χ3n) is 2.26. The van der Waals surface area contributed by atoms with Gasteiger partial charge in [-0.15, -0.1) is 0 Å². The van der Waals surface area contributed by atoms with Gasteiger partial charge in [0.05, 0.1) is 5.69 Å². The molecule has 0 atom stereocenters. The van der Waals surface area contributed by atoms with Gasteiger partial charge in [-0.25, -0.2) is 0 Å². The number of hydrogen-bond acceptors (Lipinski definition) is 3. The zero-order chi connectivity index (χ0) is 8.23. The molecule has 66 valence electrons. The molecule has 1 fully saturated rings.